The van der Waals surface area contributed by atoms with Gasteiger partial charge in [0.05, 0.1) is 22.9 Å². The molecule has 0 aliphatic heterocycles. The van der Waals surface area contributed by atoms with Crippen LogP contribution in [0.4, 0.5) is 0 Å². The van der Waals surface area contributed by atoms with Crippen molar-refractivity contribution in [1.82, 2.24) is 9.01 Å². The number of hydroxylamine groups is 1. The monoisotopic (exact) mass is 267 g/mol. The SMILES string of the molecule is CNOCC#C/C=C(\N)NI. The normalized spacial score (nSPS) is 10.2. The molecular formula is C6H10IN3O. The van der Waals surface area contributed by atoms with Gasteiger partial charge in [-0.05, 0) is 0 Å². The van der Waals surface area contributed by atoms with Crippen LogP contribution < -0.4 is 14.7 Å². The molecular weight excluding hydrogens is 257 g/mol. The summed E-state index contributed by atoms with van der Waals surface area (Å²) in [6, 6.07) is 0. The van der Waals surface area contributed by atoms with E-state index in [4.69, 9.17) is 10.6 Å². The Morgan fingerprint density at radius 2 is 2.55 bits per heavy atom. The van der Waals surface area contributed by atoms with E-state index >= 15 is 0 Å². The molecule has 0 saturated heterocycles. The van der Waals surface area contributed by atoms with Gasteiger partial charge in [0.25, 0.3) is 0 Å². The highest BCUT2D eigenvalue weighted by Gasteiger charge is 1.77. The molecule has 0 unspecified atom stereocenters. The lowest BCUT2D eigenvalue weighted by molar-refractivity contribution is 0.0851. The number of rotatable bonds is 3. The fraction of sp³-hybridized carbons (Fsp3) is 0.333. The van der Waals surface area contributed by atoms with Crippen molar-refractivity contribution in [2.24, 2.45) is 5.73 Å². The summed E-state index contributed by atoms with van der Waals surface area (Å²) in [6.07, 6.45) is 1.57. The fourth-order valence-electron chi connectivity index (χ4n) is 0.306. The zero-order valence-corrected chi connectivity index (χ0v) is 8.31. The van der Waals surface area contributed by atoms with E-state index in [-0.39, 0.29) is 0 Å². The van der Waals surface area contributed by atoms with Crippen LogP contribution in [0.1, 0.15) is 0 Å². The van der Waals surface area contributed by atoms with E-state index in [2.05, 4.69) is 20.9 Å². The van der Waals surface area contributed by atoms with E-state index < -0.39 is 0 Å². The molecule has 0 radical (unpaired) electrons. The first kappa shape index (κ1) is 10.6. The first-order chi connectivity index (χ1) is 5.31. The lowest BCUT2D eigenvalue weighted by Crippen LogP contribution is -2.08. The van der Waals surface area contributed by atoms with Gasteiger partial charge in [0.15, 0.2) is 0 Å². The van der Waals surface area contributed by atoms with Gasteiger partial charge in [-0.3, -0.25) is 4.84 Å². The minimum absolute atomic E-state index is 0.349. The maximum atomic E-state index is 5.37. The van der Waals surface area contributed by atoms with E-state index in [1.54, 1.807) is 13.1 Å². The lowest BCUT2D eigenvalue weighted by atomic mass is 10.5. The van der Waals surface area contributed by atoms with E-state index in [9.17, 15) is 0 Å². The third kappa shape index (κ3) is 7.45. The highest BCUT2D eigenvalue weighted by atomic mass is 127. The molecule has 0 spiro atoms. The Balaban J connectivity index is 3.54. The van der Waals surface area contributed by atoms with E-state index in [1.165, 1.54) is 0 Å². The van der Waals surface area contributed by atoms with Crippen molar-refractivity contribution >= 4 is 22.9 Å². The van der Waals surface area contributed by atoms with Gasteiger partial charge in [-0.2, -0.15) is 0 Å². The van der Waals surface area contributed by atoms with Crippen molar-refractivity contribution in [3.05, 3.63) is 11.9 Å². The Morgan fingerprint density at radius 3 is 3.09 bits per heavy atom. The Bertz CT molecular complexity index is 182. The highest BCUT2D eigenvalue weighted by Crippen LogP contribution is 1.78. The molecule has 4 nitrogen and oxygen atoms in total. The first-order valence-corrected chi connectivity index (χ1v) is 3.98. The van der Waals surface area contributed by atoms with Crippen LogP contribution in [-0.2, 0) is 4.84 Å². The quantitative estimate of drug-likeness (QED) is 0.219. The largest absolute Gasteiger partial charge is 0.384 e. The molecule has 0 aliphatic carbocycles. The Hall–Kier alpha value is -0.450. The van der Waals surface area contributed by atoms with Crippen molar-refractivity contribution in [3.63, 3.8) is 0 Å². The number of halogens is 1. The maximum Gasteiger partial charge on any atom is 0.129 e. The molecule has 0 heterocycles. The average molecular weight is 267 g/mol. The zero-order valence-electron chi connectivity index (χ0n) is 6.15. The first-order valence-electron chi connectivity index (χ1n) is 2.90. The highest BCUT2D eigenvalue weighted by molar-refractivity contribution is 14.1. The van der Waals surface area contributed by atoms with E-state index in [0.717, 1.165) is 0 Å². The van der Waals surface area contributed by atoms with Crippen LogP contribution in [0, 0.1) is 11.8 Å². The molecule has 0 saturated carbocycles. The fourth-order valence-corrected chi connectivity index (χ4v) is 0.462. The predicted octanol–water partition coefficient (Wildman–Crippen LogP) is -0.119. The van der Waals surface area contributed by atoms with Crippen LogP contribution in [0.2, 0.25) is 0 Å². The molecule has 0 amide bonds. The van der Waals surface area contributed by atoms with Crippen LogP contribution in [0.3, 0.4) is 0 Å². The summed E-state index contributed by atoms with van der Waals surface area (Å²) in [6.45, 7) is 0.349. The summed E-state index contributed by atoms with van der Waals surface area (Å²) in [5.74, 6) is 5.95. The number of allylic oxidation sites excluding steroid dienone is 1. The van der Waals surface area contributed by atoms with E-state index in [0.29, 0.717) is 12.4 Å². The van der Waals surface area contributed by atoms with Gasteiger partial charge in [-0.15, -0.1) is 0 Å². The smallest absolute Gasteiger partial charge is 0.129 e. The third-order valence-electron chi connectivity index (χ3n) is 0.728. The lowest BCUT2D eigenvalue weighted by Gasteiger charge is -1.91. The molecule has 0 aliphatic rings. The van der Waals surface area contributed by atoms with E-state index in [1.807, 2.05) is 22.9 Å². The van der Waals surface area contributed by atoms with Gasteiger partial charge >= 0.3 is 0 Å². The third-order valence-corrected chi connectivity index (χ3v) is 1.35. The van der Waals surface area contributed by atoms with Crippen LogP contribution >= 0.6 is 22.9 Å². The summed E-state index contributed by atoms with van der Waals surface area (Å²) in [5, 5.41) is 0. The van der Waals surface area contributed by atoms with Crippen molar-refractivity contribution in [1.29, 1.82) is 0 Å². The average Bonchev–Trinajstić information content (AvgIpc) is 2.04. The second-order valence-corrected chi connectivity index (χ2v) is 2.05. The molecule has 11 heavy (non-hydrogen) atoms. The summed E-state index contributed by atoms with van der Waals surface area (Å²) in [7, 11) is 1.68. The number of hydrogen-bond acceptors (Lipinski definition) is 4. The van der Waals surface area contributed by atoms with Crippen LogP contribution in [0.5, 0.6) is 0 Å². The minimum Gasteiger partial charge on any atom is -0.384 e. The summed E-state index contributed by atoms with van der Waals surface area (Å²) < 4.78 is 2.71. The number of nitrogens with two attached hydrogens (primary N) is 1. The topological polar surface area (TPSA) is 59.3 Å². The van der Waals surface area contributed by atoms with Crippen LogP contribution in [0.25, 0.3) is 0 Å². The molecule has 0 rings (SSSR count). The zero-order chi connectivity index (χ0) is 8.53. The number of hydrogen-bond donors (Lipinski definition) is 3. The van der Waals surface area contributed by atoms with Crippen molar-refractivity contribution in [2.45, 2.75) is 0 Å². The van der Waals surface area contributed by atoms with Crippen molar-refractivity contribution < 1.29 is 4.84 Å². The minimum atomic E-state index is 0.349. The van der Waals surface area contributed by atoms with Crippen LogP contribution in [-0.4, -0.2) is 13.7 Å². The molecule has 0 bridgehead atoms. The summed E-state index contributed by atoms with van der Waals surface area (Å²) in [5.41, 5.74) is 7.87. The molecule has 5 heteroatoms. The molecule has 62 valence electrons. The maximum absolute atomic E-state index is 5.37. The van der Waals surface area contributed by atoms with Gasteiger partial charge in [-0.1, -0.05) is 11.8 Å². The summed E-state index contributed by atoms with van der Waals surface area (Å²) in [4.78, 5) is 4.73. The van der Waals surface area contributed by atoms with Gasteiger partial charge < -0.3 is 9.26 Å². The molecule has 0 aromatic heterocycles. The van der Waals surface area contributed by atoms with Crippen LogP contribution in [0.15, 0.2) is 11.9 Å². The second kappa shape index (κ2) is 7.65. The molecule has 0 atom stereocenters. The second-order valence-electron chi connectivity index (χ2n) is 1.51. The van der Waals surface area contributed by atoms with Gasteiger partial charge in [0, 0.05) is 13.1 Å². The van der Waals surface area contributed by atoms with Gasteiger partial charge in [0.2, 0.25) is 0 Å². The molecule has 0 fully saturated rings. The Kier molecular flexibility index (Phi) is 7.34. The number of nitrogens with one attached hydrogen (secondary N) is 2. The standard InChI is InChI=1S/C6H10IN3O/c1-9-11-5-3-2-4-6(8)10-7/h4,9-10H,5,8H2,1H3/b6-4+. The van der Waals surface area contributed by atoms with Crippen molar-refractivity contribution in [2.75, 3.05) is 13.7 Å². The molecule has 4 N–H and O–H groups in total. The summed E-state index contributed by atoms with van der Waals surface area (Å²) >= 11 is 1.93. The van der Waals surface area contributed by atoms with Gasteiger partial charge in [0.1, 0.15) is 12.4 Å². The van der Waals surface area contributed by atoms with Crippen molar-refractivity contribution in [3.8, 4) is 11.8 Å². The molecule has 0 aromatic rings. The van der Waals surface area contributed by atoms with Gasteiger partial charge in [-0.25, -0.2) is 5.48 Å². The molecule has 0 aromatic carbocycles. The Morgan fingerprint density at radius 1 is 1.82 bits per heavy atom. The Labute approximate surface area is 80.0 Å². The predicted molar refractivity (Wildman–Crippen MR) is 52.2 cm³/mol.